The number of rotatable bonds is 7. The Bertz CT molecular complexity index is 340. The van der Waals surface area contributed by atoms with Gasteiger partial charge < -0.3 is 15.3 Å². The Morgan fingerprint density at radius 2 is 1.68 bits per heavy atom. The van der Waals surface area contributed by atoms with Crippen LogP contribution in [0.3, 0.4) is 0 Å². The number of hydrogen-bond donors (Lipinski definition) is 2. The summed E-state index contributed by atoms with van der Waals surface area (Å²) < 4.78 is 0. The monoisotopic (exact) mass is 272 g/mol. The molecule has 0 heterocycles. The van der Waals surface area contributed by atoms with Crippen LogP contribution in [0.1, 0.15) is 34.1 Å². The van der Waals surface area contributed by atoms with E-state index < -0.39 is 12.0 Å². The summed E-state index contributed by atoms with van der Waals surface area (Å²) in [5.41, 5.74) is 0. The summed E-state index contributed by atoms with van der Waals surface area (Å²) >= 11 is 0. The predicted octanol–water partition coefficient (Wildman–Crippen LogP) is 0.716. The second-order valence-electron chi connectivity index (χ2n) is 5.48. The van der Waals surface area contributed by atoms with E-state index in [0.717, 1.165) is 4.90 Å². The van der Waals surface area contributed by atoms with E-state index in [-0.39, 0.29) is 30.2 Å². The van der Waals surface area contributed by atoms with Crippen molar-refractivity contribution in [3.63, 3.8) is 0 Å². The van der Waals surface area contributed by atoms with E-state index in [1.54, 1.807) is 0 Å². The number of likely N-dealkylation sites (N-methyl/N-ethyl adjacent to an activating group) is 1. The maximum atomic E-state index is 12.1. The molecule has 0 fully saturated rings. The Morgan fingerprint density at radius 1 is 1.16 bits per heavy atom. The number of amides is 2. The summed E-state index contributed by atoms with van der Waals surface area (Å²) in [5.74, 6) is -1.54. The third kappa shape index (κ3) is 6.79. The van der Waals surface area contributed by atoms with Gasteiger partial charge in [-0.3, -0.25) is 14.4 Å². The van der Waals surface area contributed by atoms with E-state index >= 15 is 0 Å². The van der Waals surface area contributed by atoms with Gasteiger partial charge in [-0.25, -0.2) is 0 Å². The molecule has 110 valence electrons. The van der Waals surface area contributed by atoms with Gasteiger partial charge in [0, 0.05) is 13.5 Å². The van der Waals surface area contributed by atoms with E-state index in [1.165, 1.54) is 7.05 Å². The number of carbonyl (C=O) groups is 3. The van der Waals surface area contributed by atoms with Crippen LogP contribution < -0.4 is 5.32 Å². The number of nitrogens with one attached hydrogen (secondary N) is 1. The molecule has 1 unspecified atom stereocenters. The Labute approximate surface area is 114 Å². The van der Waals surface area contributed by atoms with Gasteiger partial charge in [0.1, 0.15) is 12.6 Å². The molecular formula is C13H24N2O4. The number of carbonyl (C=O) groups excluding carboxylic acids is 2. The van der Waals surface area contributed by atoms with Gasteiger partial charge in [-0.1, -0.05) is 27.7 Å². The normalized spacial score (nSPS) is 12.4. The van der Waals surface area contributed by atoms with Crippen molar-refractivity contribution in [3.8, 4) is 0 Å². The lowest BCUT2D eigenvalue weighted by atomic mass is 10.0. The van der Waals surface area contributed by atoms with Crippen molar-refractivity contribution in [3.05, 3.63) is 0 Å². The lowest BCUT2D eigenvalue weighted by molar-refractivity contribution is -0.145. The SMILES string of the molecule is CC(C)CC(=O)NC(C(=O)N(C)CC(=O)O)C(C)C. The Hall–Kier alpha value is -1.59. The molecule has 0 spiro atoms. The zero-order valence-electron chi connectivity index (χ0n) is 12.3. The maximum absolute atomic E-state index is 12.1. The summed E-state index contributed by atoms with van der Waals surface area (Å²) in [6, 6.07) is -0.685. The highest BCUT2D eigenvalue weighted by Crippen LogP contribution is 2.07. The van der Waals surface area contributed by atoms with Crippen LogP contribution >= 0.6 is 0 Å². The van der Waals surface area contributed by atoms with Gasteiger partial charge in [-0.05, 0) is 11.8 Å². The van der Waals surface area contributed by atoms with E-state index in [0.29, 0.717) is 6.42 Å². The lowest BCUT2D eigenvalue weighted by Crippen LogP contribution is -2.51. The van der Waals surface area contributed by atoms with Crippen LogP contribution in [0.25, 0.3) is 0 Å². The molecule has 1 atom stereocenters. The van der Waals surface area contributed by atoms with E-state index in [1.807, 2.05) is 27.7 Å². The Morgan fingerprint density at radius 3 is 2.05 bits per heavy atom. The fraction of sp³-hybridized carbons (Fsp3) is 0.769. The molecule has 0 rings (SSSR count). The molecule has 0 saturated heterocycles. The van der Waals surface area contributed by atoms with Crippen LogP contribution in [0, 0.1) is 11.8 Å². The zero-order chi connectivity index (χ0) is 15.2. The van der Waals surface area contributed by atoms with Crippen molar-refractivity contribution in [2.45, 2.75) is 40.2 Å². The molecule has 0 saturated carbocycles. The quantitative estimate of drug-likeness (QED) is 0.715. The molecule has 2 amide bonds. The minimum Gasteiger partial charge on any atom is -0.480 e. The molecule has 6 nitrogen and oxygen atoms in total. The van der Waals surface area contributed by atoms with E-state index in [9.17, 15) is 14.4 Å². The first-order valence-corrected chi connectivity index (χ1v) is 6.41. The minimum atomic E-state index is -1.08. The van der Waals surface area contributed by atoms with Crippen molar-refractivity contribution in [1.29, 1.82) is 0 Å². The molecule has 6 heteroatoms. The van der Waals surface area contributed by atoms with Gasteiger partial charge >= 0.3 is 5.97 Å². The number of carboxylic acid groups (broad SMARTS) is 1. The third-order valence-electron chi connectivity index (χ3n) is 2.59. The van der Waals surface area contributed by atoms with Gasteiger partial charge in [0.2, 0.25) is 11.8 Å². The van der Waals surface area contributed by atoms with Crippen LogP contribution in [0.2, 0.25) is 0 Å². The van der Waals surface area contributed by atoms with Crippen molar-refractivity contribution in [2.75, 3.05) is 13.6 Å². The topological polar surface area (TPSA) is 86.7 Å². The minimum absolute atomic E-state index is 0.0974. The summed E-state index contributed by atoms with van der Waals surface area (Å²) in [4.78, 5) is 35.5. The second-order valence-corrected chi connectivity index (χ2v) is 5.48. The average molecular weight is 272 g/mol. The number of aliphatic carboxylic acids is 1. The second kappa shape index (κ2) is 7.76. The molecule has 0 aliphatic rings. The molecule has 0 radical (unpaired) electrons. The summed E-state index contributed by atoms with van der Waals surface area (Å²) in [7, 11) is 1.42. The van der Waals surface area contributed by atoms with E-state index in [4.69, 9.17) is 5.11 Å². The number of nitrogens with zero attached hydrogens (tertiary/aromatic N) is 1. The van der Waals surface area contributed by atoms with Gasteiger partial charge in [-0.2, -0.15) is 0 Å². The fourth-order valence-electron chi connectivity index (χ4n) is 1.63. The highest BCUT2D eigenvalue weighted by molar-refractivity contribution is 5.89. The lowest BCUT2D eigenvalue weighted by Gasteiger charge is -2.26. The first-order valence-electron chi connectivity index (χ1n) is 6.41. The van der Waals surface area contributed by atoms with Crippen LogP contribution in [0.4, 0.5) is 0 Å². The highest BCUT2D eigenvalue weighted by Gasteiger charge is 2.27. The fourth-order valence-corrected chi connectivity index (χ4v) is 1.63. The van der Waals surface area contributed by atoms with Crippen molar-refractivity contribution in [1.82, 2.24) is 10.2 Å². The average Bonchev–Trinajstić information content (AvgIpc) is 2.22. The molecule has 0 aromatic heterocycles. The maximum Gasteiger partial charge on any atom is 0.323 e. The van der Waals surface area contributed by atoms with Crippen LogP contribution in [0.5, 0.6) is 0 Å². The van der Waals surface area contributed by atoms with Crippen molar-refractivity contribution in [2.24, 2.45) is 11.8 Å². The van der Waals surface area contributed by atoms with Gasteiger partial charge in [0.25, 0.3) is 0 Å². The summed E-state index contributed by atoms with van der Waals surface area (Å²) in [6.45, 7) is 7.09. The summed E-state index contributed by atoms with van der Waals surface area (Å²) in [6.07, 6.45) is 0.346. The van der Waals surface area contributed by atoms with Crippen LogP contribution in [-0.4, -0.2) is 47.4 Å². The molecule has 0 aromatic rings. The summed E-state index contributed by atoms with van der Waals surface area (Å²) in [5, 5.41) is 11.4. The smallest absolute Gasteiger partial charge is 0.323 e. The van der Waals surface area contributed by atoms with Crippen molar-refractivity contribution < 1.29 is 19.5 Å². The van der Waals surface area contributed by atoms with E-state index in [2.05, 4.69) is 5.32 Å². The van der Waals surface area contributed by atoms with Gasteiger partial charge in [-0.15, -0.1) is 0 Å². The van der Waals surface area contributed by atoms with Gasteiger partial charge in [0.05, 0.1) is 0 Å². The molecule has 19 heavy (non-hydrogen) atoms. The Balaban J connectivity index is 4.68. The molecule has 0 aromatic carbocycles. The van der Waals surface area contributed by atoms with Crippen LogP contribution in [-0.2, 0) is 14.4 Å². The molecule has 0 aliphatic carbocycles. The third-order valence-corrected chi connectivity index (χ3v) is 2.59. The first-order chi connectivity index (χ1) is 8.65. The number of hydrogen-bond acceptors (Lipinski definition) is 3. The zero-order valence-corrected chi connectivity index (χ0v) is 12.3. The molecule has 0 bridgehead atoms. The molecular weight excluding hydrogens is 248 g/mol. The predicted molar refractivity (Wildman–Crippen MR) is 71.5 cm³/mol. The molecule has 0 aliphatic heterocycles. The first kappa shape index (κ1) is 17.4. The Kier molecular flexibility index (Phi) is 7.11. The molecule has 2 N–H and O–H groups in total. The largest absolute Gasteiger partial charge is 0.480 e. The highest BCUT2D eigenvalue weighted by atomic mass is 16.4. The standard InChI is InChI=1S/C13H24N2O4/c1-8(2)6-10(16)14-12(9(3)4)13(19)15(5)7-11(17)18/h8-9,12H,6-7H2,1-5H3,(H,14,16)(H,17,18). The van der Waals surface area contributed by atoms with Crippen LogP contribution in [0.15, 0.2) is 0 Å². The van der Waals surface area contributed by atoms with Crippen molar-refractivity contribution >= 4 is 17.8 Å². The number of carboxylic acids is 1. The van der Waals surface area contributed by atoms with Gasteiger partial charge in [0.15, 0.2) is 0 Å².